The molecule has 6 heteroatoms. The summed E-state index contributed by atoms with van der Waals surface area (Å²) >= 11 is 0. The number of cyclic esters (lactones) is 1. The number of ether oxygens (including phenoxy) is 1. The Kier molecular flexibility index (Phi) is 5.23. The first-order valence-corrected chi connectivity index (χ1v) is 8.72. The summed E-state index contributed by atoms with van der Waals surface area (Å²) in [5, 5.41) is 3.24. The van der Waals surface area contributed by atoms with Crippen LogP contribution in [0.25, 0.3) is 0 Å². The summed E-state index contributed by atoms with van der Waals surface area (Å²) in [6.07, 6.45) is 4.30. The summed E-state index contributed by atoms with van der Waals surface area (Å²) in [6, 6.07) is 5.78. The van der Waals surface area contributed by atoms with Crippen LogP contribution in [0.2, 0.25) is 0 Å². The van der Waals surface area contributed by atoms with Crippen LogP contribution in [0.15, 0.2) is 18.2 Å². The summed E-state index contributed by atoms with van der Waals surface area (Å²) in [7, 11) is 0. The van der Waals surface area contributed by atoms with Gasteiger partial charge in [0.25, 0.3) is 0 Å². The lowest BCUT2D eigenvalue weighted by atomic mass is 10.1. The van der Waals surface area contributed by atoms with Crippen molar-refractivity contribution in [2.24, 2.45) is 0 Å². The third-order valence-electron chi connectivity index (χ3n) is 4.68. The second kappa shape index (κ2) is 7.55. The van der Waals surface area contributed by atoms with E-state index < -0.39 is 0 Å². The largest absolute Gasteiger partial charge is 0.447 e. The zero-order valence-corrected chi connectivity index (χ0v) is 14.2. The molecule has 0 radical (unpaired) electrons. The Morgan fingerprint density at radius 1 is 1.17 bits per heavy atom. The average Bonchev–Trinajstić information content (AvgIpc) is 2.85. The Morgan fingerprint density at radius 2 is 1.92 bits per heavy atom. The van der Waals surface area contributed by atoms with Crippen LogP contribution in [0.1, 0.15) is 31.2 Å². The van der Waals surface area contributed by atoms with Crippen LogP contribution in [0, 0.1) is 6.92 Å². The van der Waals surface area contributed by atoms with Gasteiger partial charge in [-0.25, -0.2) is 4.79 Å². The molecule has 1 N–H and O–H groups in total. The number of rotatable bonds is 4. The Morgan fingerprint density at radius 3 is 2.58 bits per heavy atom. The van der Waals surface area contributed by atoms with Gasteiger partial charge in [-0.1, -0.05) is 18.9 Å². The molecule has 2 aliphatic rings. The van der Waals surface area contributed by atoms with Crippen molar-refractivity contribution in [2.75, 3.05) is 43.0 Å². The van der Waals surface area contributed by atoms with E-state index >= 15 is 0 Å². The number of aryl methyl sites for hydroxylation is 1. The first kappa shape index (κ1) is 16.6. The van der Waals surface area contributed by atoms with E-state index in [2.05, 4.69) is 5.32 Å². The molecule has 0 unspecified atom stereocenters. The quantitative estimate of drug-likeness (QED) is 0.921. The lowest BCUT2D eigenvalue weighted by Gasteiger charge is -2.21. The number of anilines is 2. The molecular formula is C18H25N3O3. The van der Waals surface area contributed by atoms with Gasteiger partial charge in [0.2, 0.25) is 5.91 Å². The van der Waals surface area contributed by atoms with Crippen LogP contribution in [-0.4, -0.2) is 49.7 Å². The molecule has 2 amide bonds. The maximum atomic E-state index is 12.4. The fraction of sp³-hybridized carbons (Fsp3) is 0.556. The lowest BCUT2D eigenvalue weighted by molar-refractivity contribution is -0.129. The minimum absolute atomic E-state index is 0.141. The van der Waals surface area contributed by atoms with E-state index in [0.717, 1.165) is 42.9 Å². The number of hydrogen-bond donors (Lipinski definition) is 1. The molecule has 3 rings (SSSR count). The Bertz CT molecular complexity index is 610. The highest BCUT2D eigenvalue weighted by Crippen LogP contribution is 2.25. The summed E-state index contributed by atoms with van der Waals surface area (Å²) in [5.41, 5.74) is 2.73. The van der Waals surface area contributed by atoms with Crippen LogP contribution >= 0.6 is 0 Å². The predicted molar refractivity (Wildman–Crippen MR) is 93.4 cm³/mol. The van der Waals surface area contributed by atoms with Crippen molar-refractivity contribution in [1.82, 2.24) is 4.90 Å². The maximum absolute atomic E-state index is 12.4. The number of carbonyl (C=O) groups excluding carboxylic acids is 2. The Hall–Kier alpha value is -2.24. The molecule has 2 aliphatic heterocycles. The third-order valence-corrected chi connectivity index (χ3v) is 4.68. The summed E-state index contributed by atoms with van der Waals surface area (Å²) in [5.74, 6) is 0.141. The molecule has 0 saturated carbocycles. The van der Waals surface area contributed by atoms with Crippen molar-refractivity contribution in [2.45, 2.75) is 32.6 Å². The molecule has 0 aliphatic carbocycles. The molecule has 0 bridgehead atoms. The highest BCUT2D eigenvalue weighted by atomic mass is 16.6. The standard InChI is InChI=1S/C18H25N3O3/c1-14-6-7-15(21-10-11-24-18(21)23)12-16(14)19-13-17(22)20-8-4-2-3-5-9-20/h6-7,12,19H,2-5,8-11,13H2,1H3. The van der Waals surface area contributed by atoms with Crippen molar-refractivity contribution < 1.29 is 14.3 Å². The van der Waals surface area contributed by atoms with Crippen LogP contribution in [0.4, 0.5) is 16.2 Å². The van der Waals surface area contributed by atoms with Crippen LogP contribution in [0.5, 0.6) is 0 Å². The van der Waals surface area contributed by atoms with Gasteiger partial charge in [0.1, 0.15) is 6.61 Å². The van der Waals surface area contributed by atoms with Gasteiger partial charge in [-0.3, -0.25) is 9.69 Å². The normalized spacial score (nSPS) is 18.3. The second-order valence-electron chi connectivity index (χ2n) is 6.41. The number of benzene rings is 1. The van der Waals surface area contributed by atoms with Crippen LogP contribution in [-0.2, 0) is 9.53 Å². The fourth-order valence-electron chi connectivity index (χ4n) is 3.20. The van der Waals surface area contributed by atoms with Crippen molar-refractivity contribution >= 4 is 23.4 Å². The molecule has 2 fully saturated rings. The topological polar surface area (TPSA) is 61.9 Å². The van der Waals surface area contributed by atoms with Gasteiger partial charge < -0.3 is 15.0 Å². The molecule has 2 heterocycles. The fourth-order valence-corrected chi connectivity index (χ4v) is 3.20. The van der Waals surface area contributed by atoms with Crippen LogP contribution < -0.4 is 10.2 Å². The van der Waals surface area contributed by atoms with E-state index in [0.29, 0.717) is 13.2 Å². The highest BCUT2D eigenvalue weighted by molar-refractivity contribution is 5.90. The molecule has 0 atom stereocenters. The van der Waals surface area contributed by atoms with Crippen LogP contribution in [0.3, 0.4) is 0 Å². The van der Waals surface area contributed by atoms with E-state index in [1.54, 1.807) is 4.90 Å². The molecule has 2 saturated heterocycles. The zero-order valence-electron chi connectivity index (χ0n) is 14.2. The number of nitrogens with zero attached hydrogens (tertiary/aromatic N) is 2. The summed E-state index contributed by atoms with van der Waals surface area (Å²) in [4.78, 5) is 27.7. The molecule has 130 valence electrons. The van der Waals surface area contributed by atoms with E-state index in [1.807, 2.05) is 30.0 Å². The van der Waals surface area contributed by atoms with Crippen molar-refractivity contribution in [3.8, 4) is 0 Å². The third kappa shape index (κ3) is 3.80. The number of carbonyl (C=O) groups is 2. The lowest BCUT2D eigenvalue weighted by Crippen LogP contribution is -2.36. The van der Waals surface area contributed by atoms with Gasteiger partial charge in [0.05, 0.1) is 13.1 Å². The molecule has 6 nitrogen and oxygen atoms in total. The van der Waals surface area contributed by atoms with E-state index in [-0.39, 0.29) is 18.5 Å². The van der Waals surface area contributed by atoms with Gasteiger partial charge in [-0.05, 0) is 37.5 Å². The highest BCUT2D eigenvalue weighted by Gasteiger charge is 2.24. The van der Waals surface area contributed by atoms with Gasteiger partial charge in [0.15, 0.2) is 0 Å². The second-order valence-corrected chi connectivity index (χ2v) is 6.41. The van der Waals surface area contributed by atoms with Crippen molar-refractivity contribution in [1.29, 1.82) is 0 Å². The summed E-state index contributed by atoms with van der Waals surface area (Å²) in [6.45, 7) is 4.98. The first-order valence-electron chi connectivity index (χ1n) is 8.72. The van der Waals surface area contributed by atoms with Crippen molar-refractivity contribution in [3.05, 3.63) is 23.8 Å². The first-order chi connectivity index (χ1) is 11.6. The molecule has 0 aromatic heterocycles. The minimum atomic E-state index is -0.314. The average molecular weight is 331 g/mol. The Balaban J connectivity index is 1.63. The van der Waals surface area contributed by atoms with Gasteiger partial charge in [-0.2, -0.15) is 0 Å². The number of amides is 2. The number of hydrogen-bond acceptors (Lipinski definition) is 4. The molecular weight excluding hydrogens is 306 g/mol. The molecule has 1 aromatic carbocycles. The van der Waals surface area contributed by atoms with Gasteiger partial charge in [0, 0.05) is 24.5 Å². The number of nitrogens with one attached hydrogen (secondary N) is 1. The summed E-state index contributed by atoms with van der Waals surface area (Å²) < 4.78 is 4.99. The zero-order chi connectivity index (χ0) is 16.9. The molecule has 24 heavy (non-hydrogen) atoms. The Labute approximate surface area is 142 Å². The predicted octanol–water partition coefficient (Wildman–Crippen LogP) is 2.77. The SMILES string of the molecule is Cc1ccc(N2CCOC2=O)cc1NCC(=O)N1CCCCCC1. The van der Waals surface area contributed by atoms with E-state index in [1.165, 1.54) is 12.8 Å². The number of likely N-dealkylation sites (tertiary alicyclic amines) is 1. The minimum Gasteiger partial charge on any atom is -0.447 e. The van der Waals surface area contributed by atoms with Crippen molar-refractivity contribution in [3.63, 3.8) is 0 Å². The van der Waals surface area contributed by atoms with Gasteiger partial charge in [-0.15, -0.1) is 0 Å². The maximum Gasteiger partial charge on any atom is 0.414 e. The van der Waals surface area contributed by atoms with E-state index in [4.69, 9.17) is 4.74 Å². The van der Waals surface area contributed by atoms with Gasteiger partial charge >= 0.3 is 6.09 Å². The molecule has 0 spiro atoms. The van der Waals surface area contributed by atoms with E-state index in [9.17, 15) is 9.59 Å². The molecule has 1 aromatic rings. The smallest absolute Gasteiger partial charge is 0.414 e. The monoisotopic (exact) mass is 331 g/mol.